The van der Waals surface area contributed by atoms with Gasteiger partial charge in [-0.25, -0.2) is 4.39 Å². The van der Waals surface area contributed by atoms with Crippen molar-refractivity contribution in [3.8, 4) is 0 Å². The fourth-order valence-corrected chi connectivity index (χ4v) is 2.29. The van der Waals surface area contributed by atoms with Crippen LogP contribution >= 0.6 is 15.9 Å². The highest BCUT2D eigenvalue weighted by molar-refractivity contribution is 9.10. The minimum Gasteiger partial charge on any atom is -0.380 e. The van der Waals surface area contributed by atoms with Crippen LogP contribution < -0.4 is 5.32 Å². The van der Waals surface area contributed by atoms with Gasteiger partial charge in [-0.1, -0.05) is 18.2 Å². The van der Waals surface area contributed by atoms with E-state index in [4.69, 9.17) is 0 Å². The topological polar surface area (TPSA) is 12.0 Å². The summed E-state index contributed by atoms with van der Waals surface area (Å²) in [5.41, 5.74) is 0.894. The van der Waals surface area contributed by atoms with Gasteiger partial charge < -0.3 is 5.32 Å². The lowest BCUT2D eigenvalue weighted by Gasteiger charge is -2.13. The van der Waals surface area contributed by atoms with Gasteiger partial charge in [-0.2, -0.15) is 13.2 Å². The molecule has 112 valence electrons. The van der Waals surface area contributed by atoms with E-state index in [0.717, 1.165) is 27.9 Å². The average molecular weight is 362 g/mol. The van der Waals surface area contributed by atoms with E-state index in [2.05, 4.69) is 21.2 Å². The molecule has 21 heavy (non-hydrogen) atoms. The van der Waals surface area contributed by atoms with Gasteiger partial charge in [0.15, 0.2) is 0 Å². The molecule has 0 aliphatic rings. The first-order valence-corrected chi connectivity index (χ1v) is 6.93. The predicted octanol–water partition coefficient (Wildman–Crippen LogP) is 5.53. The number of alkyl halides is 3. The van der Waals surface area contributed by atoms with Gasteiger partial charge in [0.1, 0.15) is 5.82 Å². The molecule has 2 aromatic rings. The van der Waals surface area contributed by atoms with Crippen LogP contribution in [0.25, 0.3) is 0 Å². The molecule has 0 aliphatic carbocycles. The van der Waals surface area contributed by atoms with Crippen LogP contribution in [0.1, 0.15) is 16.7 Å². The van der Waals surface area contributed by atoms with Crippen LogP contribution in [0.5, 0.6) is 0 Å². The lowest BCUT2D eigenvalue weighted by atomic mass is 10.1. The minimum atomic E-state index is -4.69. The monoisotopic (exact) mass is 361 g/mol. The Hall–Kier alpha value is -1.56. The first kappa shape index (κ1) is 15.8. The van der Waals surface area contributed by atoms with E-state index in [1.807, 2.05) is 25.1 Å². The van der Waals surface area contributed by atoms with Crippen molar-refractivity contribution in [1.82, 2.24) is 0 Å². The molecule has 1 nitrogen and oxygen atoms in total. The highest BCUT2D eigenvalue weighted by Crippen LogP contribution is 2.32. The second-order valence-corrected chi connectivity index (χ2v) is 5.39. The van der Waals surface area contributed by atoms with Crippen molar-refractivity contribution in [3.05, 3.63) is 63.4 Å². The van der Waals surface area contributed by atoms with Crippen molar-refractivity contribution < 1.29 is 17.6 Å². The molecule has 0 saturated carbocycles. The van der Waals surface area contributed by atoms with Gasteiger partial charge in [0.2, 0.25) is 0 Å². The number of aryl methyl sites for hydroxylation is 1. The van der Waals surface area contributed by atoms with Crippen molar-refractivity contribution in [1.29, 1.82) is 0 Å². The van der Waals surface area contributed by atoms with Crippen molar-refractivity contribution in [2.75, 3.05) is 5.32 Å². The Kier molecular flexibility index (Phi) is 4.56. The molecule has 6 heteroatoms. The number of hydrogen-bond donors (Lipinski definition) is 1. The highest BCUT2D eigenvalue weighted by Gasteiger charge is 2.34. The van der Waals surface area contributed by atoms with Gasteiger partial charge >= 0.3 is 6.18 Å². The predicted molar refractivity (Wildman–Crippen MR) is 77.6 cm³/mol. The fourth-order valence-electron chi connectivity index (χ4n) is 1.88. The molecule has 1 N–H and O–H groups in total. The molecule has 2 rings (SSSR count). The summed E-state index contributed by atoms with van der Waals surface area (Å²) in [7, 11) is 0. The van der Waals surface area contributed by atoms with Gasteiger partial charge in [0.05, 0.1) is 5.56 Å². The van der Waals surface area contributed by atoms with E-state index in [0.29, 0.717) is 5.56 Å². The van der Waals surface area contributed by atoms with E-state index in [1.165, 1.54) is 6.07 Å². The maximum absolute atomic E-state index is 13.2. The van der Waals surface area contributed by atoms with Crippen LogP contribution in [-0.4, -0.2) is 0 Å². The molecule has 0 heterocycles. The standard InChI is InChI=1S/C15H12BrF4N/c1-9-3-2-4-13(14(9)16)21-8-10-5-6-12(17)11(7-10)15(18,19)20/h2-7,21H,8H2,1H3. The van der Waals surface area contributed by atoms with E-state index in [-0.39, 0.29) is 6.54 Å². The number of benzene rings is 2. The largest absolute Gasteiger partial charge is 0.419 e. The number of halogens is 5. The zero-order valence-electron chi connectivity index (χ0n) is 11.1. The molecule has 0 radical (unpaired) electrons. The summed E-state index contributed by atoms with van der Waals surface area (Å²) in [5.74, 6) is -1.26. The fraction of sp³-hybridized carbons (Fsp3) is 0.200. The zero-order chi connectivity index (χ0) is 15.6. The van der Waals surface area contributed by atoms with E-state index >= 15 is 0 Å². The Bertz CT molecular complexity index is 653. The van der Waals surface area contributed by atoms with Crippen LogP contribution in [-0.2, 0) is 12.7 Å². The van der Waals surface area contributed by atoms with Crippen LogP contribution in [0, 0.1) is 12.7 Å². The van der Waals surface area contributed by atoms with E-state index in [1.54, 1.807) is 0 Å². The summed E-state index contributed by atoms with van der Waals surface area (Å²) in [4.78, 5) is 0. The molecular weight excluding hydrogens is 350 g/mol. The molecule has 2 aromatic carbocycles. The molecule has 0 unspecified atom stereocenters. The second kappa shape index (κ2) is 6.05. The molecule has 0 aromatic heterocycles. The third-order valence-corrected chi connectivity index (χ3v) is 4.06. The maximum atomic E-state index is 13.2. The minimum absolute atomic E-state index is 0.172. The Morgan fingerprint density at radius 2 is 1.86 bits per heavy atom. The van der Waals surface area contributed by atoms with Crippen LogP contribution in [0.4, 0.5) is 23.2 Å². The Balaban J connectivity index is 2.19. The molecular formula is C15H12BrF4N. The zero-order valence-corrected chi connectivity index (χ0v) is 12.6. The molecule has 0 fully saturated rings. The third kappa shape index (κ3) is 3.75. The van der Waals surface area contributed by atoms with Crippen molar-refractivity contribution in [2.45, 2.75) is 19.6 Å². The number of anilines is 1. The summed E-state index contributed by atoms with van der Waals surface area (Å²) < 4.78 is 52.0. The Labute approximate surface area is 128 Å². The number of rotatable bonds is 3. The van der Waals surface area contributed by atoms with Crippen molar-refractivity contribution in [3.63, 3.8) is 0 Å². The third-order valence-electron chi connectivity index (χ3n) is 3.01. The lowest BCUT2D eigenvalue weighted by Crippen LogP contribution is -2.10. The molecule has 0 spiro atoms. The first-order valence-electron chi connectivity index (χ1n) is 6.13. The smallest absolute Gasteiger partial charge is 0.380 e. The normalized spacial score (nSPS) is 11.5. The molecule has 0 saturated heterocycles. The molecule has 0 atom stereocenters. The second-order valence-electron chi connectivity index (χ2n) is 4.60. The van der Waals surface area contributed by atoms with Crippen LogP contribution in [0.3, 0.4) is 0 Å². The Morgan fingerprint density at radius 3 is 2.52 bits per heavy atom. The molecule has 0 amide bonds. The molecule has 0 aliphatic heterocycles. The summed E-state index contributed by atoms with van der Waals surface area (Å²) in [6.45, 7) is 2.08. The Morgan fingerprint density at radius 1 is 1.14 bits per heavy atom. The van der Waals surface area contributed by atoms with Gasteiger partial charge in [-0.15, -0.1) is 0 Å². The summed E-state index contributed by atoms with van der Waals surface area (Å²) in [6.07, 6.45) is -4.69. The molecule has 0 bridgehead atoms. The lowest BCUT2D eigenvalue weighted by molar-refractivity contribution is -0.140. The van der Waals surface area contributed by atoms with Crippen molar-refractivity contribution in [2.24, 2.45) is 0 Å². The van der Waals surface area contributed by atoms with Gasteiger partial charge in [-0.3, -0.25) is 0 Å². The number of hydrogen-bond acceptors (Lipinski definition) is 1. The first-order chi connectivity index (χ1) is 9.79. The summed E-state index contributed by atoms with van der Waals surface area (Å²) >= 11 is 3.41. The number of nitrogens with one attached hydrogen (secondary N) is 1. The average Bonchev–Trinajstić information content (AvgIpc) is 2.40. The van der Waals surface area contributed by atoms with Gasteiger partial charge in [0, 0.05) is 16.7 Å². The van der Waals surface area contributed by atoms with E-state index < -0.39 is 17.6 Å². The van der Waals surface area contributed by atoms with Gasteiger partial charge in [-0.05, 0) is 52.2 Å². The van der Waals surface area contributed by atoms with Crippen LogP contribution in [0.2, 0.25) is 0 Å². The summed E-state index contributed by atoms with van der Waals surface area (Å²) in [6, 6.07) is 8.56. The quantitative estimate of drug-likeness (QED) is 0.709. The highest BCUT2D eigenvalue weighted by atomic mass is 79.9. The SMILES string of the molecule is Cc1cccc(NCc2ccc(F)c(C(F)(F)F)c2)c1Br. The van der Waals surface area contributed by atoms with Crippen LogP contribution in [0.15, 0.2) is 40.9 Å². The van der Waals surface area contributed by atoms with E-state index in [9.17, 15) is 17.6 Å². The summed E-state index contributed by atoms with van der Waals surface area (Å²) in [5, 5.41) is 3.03. The maximum Gasteiger partial charge on any atom is 0.419 e. The van der Waals surface area contributed by atoms with Gasteiger partial charge in [0.25, 0.3) is 0 Å². The van der Waals surface area contributed by atoms with Crippen molar-refractivity contribution >= 4 is 21.6 Å².